The summed E-state index contributed by atoms with van der Waals surface area (Å²) in [5.41, 5.74) is -0.567. The lowest BCUT2D eigenvalue weighted by Crippen LogP contribution is -1.99. The van der Waals surface area contributed by atoms with Crippen molar-refractivity contribution in [3.05, 3.63) is 35.7 Å². The van der Waals surface area contributed by atoms with E-state index in [1.807, 2.05) is 0 Å². The van der Waals surface area contributed by atoms with Crippen LogP contribution in [0.3, 0.4) is 0 Å². The van der Waals surface area contributed by atoms with Crippen LogP contribution in [0.25, 0.3) is 11.5 Å². The Hall–Kier alpha value is -2.44. The van der Waals surface area contributed by atoms with Gasteiger partial charge in [0.15, 0.2) is 5.69 Å². The molecule has 0 fully saturated rings. The number of carbonyl (C=O) groups is 1. The molecule has 0 aliphatic rings. The number of para-hydroxylation sites is 1. The molecule has 1 aromatic heterocycles. The fraction of sp³-hybridized carbons (Fsp3) is 0.231. The highest BCUT2D eigenvalue weighted by Crippen LogP contribution is 2.33. The van der Waals surface area contributed by atoms with Crippen LogP contribution in [-0.2, 0) is 0 Å². The molecule has 106 valence electrons. The maximum absolute atomic E-state index is 12.7. The van der Waals surface area contributed by atoms with Crippen LogP contribution in [0.15, 0.2) is 28.7 Å². The largest absolute Gasteiger partial charge is 0.493 e. The number of alkyl halides is 2. The van der Waals surface area contributed by atoms with Gasteiger partial charge in [0.25, 0.3) is 6.43 Å². The Morgan fingerprint density at radius 3 is 2.70 bits per heavy atom. The van der Waals surface area contributed by atoms with Gasteiger partial charge in [-0.05, 0) is 19.1 Å². The summed E-state index contributed by atoms with van der Waals surface area (Å²) in [6.45, 7) is 2.13. The summed E-state index contributed by atoms with van der Waals surface area (Å²) in [6.07, 6.45) is -3.03. The number of aromatic nitrogens is 1. The fourth-order valence-corrected chi connectivity index (χ4v) is 1.67. The Morgan fingerprint density at radius 1 is 1.45 bits per heavy atom. The highest BCUT2D eigenvalue weighted by molar-refractivity contribution is 5.86. The maximum Gasteiger partial charge on any atom is 0.374 e. The molecule has 1 N–H and O–H groups in total. The van der Waals surface area contributed by atoms with E-state index in [0.717, 1.165) is 0 Å². The van der Waals surface area contributed by atoms with E-state index in [4.69, 9.17) is 14.3 Å². The van der Waals surface area contributed by atoms with Crippen molar-refractivity contribution >= 4 is 5.97 Å². The van der Waals surface area contributed by atoms with Crippen molar-refractivity contribution in [2.75, 3.05) is 6.61 Å². The van der Waals surface area contributed by atoms with Crippen molar-refractivity contribution in [3.8, 4) is 17.2 Å². The lowest BCUT2D eigenvalue weighted by molar-refractivity contribution is 0.0646. The minimum Gasteiger partial charge on any atom is -0.493 e. The summed E-state index contributed by atoms with van der Waals surface area (Å²) in [5.74, 6) is -2.27. The SMILES string of the molecule is CCOc1ccccc1-c1nc(C(F)F)c(C(=O)O)o1. The van der Waals surface area contributed by atoms with Crippen LogP contribution in [0.4, 0.5) is 8.78 Å². The zero-order valence-electron chi connectivity index (χ0n) is 10.5. The molecule has 0 atom stereocenters. The number of hydrogen-bond donors (Lipinski definition) is 1. The Balaban J connectivity index is 2.53. The van der Waals surface area contributed by atoms with Gasteiger partial charge in [0.05, 0.1) is 12.2 Å². The summed E-state index contributed by atoms with van der Waals surface area (Å²) < 4.78 is 35.8. The van der Waals surface area contributed by atoms with Crippen LogP contribution in [0.2, 0.25) is 0 Å². The van der Waals surface area contributed by atoms with Crippen LogP contribution in [0, 0.1) is 0 Å². The number of hydrogen-bond acceptors (Lipinski definition) is 4. The van der Waals surface area contributed by atoms with E-state index >= 15 is 0 Å². The van der Waals surface area contributed by atoms with Crippen molar-refractivity contribution in [3.63, 3.8) is 0 Å². The predicted molar refractivity (Wildman–Crippen MR) is 65.0 cm³/mol. The van der Waals surface area contributed by atoms with Crippen molar-refractivity contribution in [1.82, 2.24) is 4.98 Å². The molecule has 2 rings (SSSR count). The minimum atomic E-state index is -3.03. The Labute approximate surface area is 112 Å². The van der Waals surface area contributed by atoms with Crippen LogP contribution in [0.5, 0.6) is 5.75 Å². The number of aromatic carboxylic acids is 1. The molecule has 20 heavy (non-hydrogen) atoms. The van der Waals surface area contributed by atoms with Gasteiger partial charge >= 0.3 is 5.97 Å². The molecule has 0 aliphatic heterocycles. The standard InChI is InChI=1S/C13H11F2NO4/c1-2-19-8-6-4-3-5-7(8)12-16-9(11(14)15)10(20-12)13(17)18/h3-6,11H,2H2,1H3,(H,17,18). The van der Waals surface area contributed by atoms with Crippen LogP contribution < -0.4 is 4.74 Å². The van der Waals surface area contributed by atoms with Crippen LogP contribution in [0.1, 0.15) is 29.6 Å². The second-order valence-corrected chi connectivity index (χ2v) is 3.77. The number of carboxylic acids is 1. The van der Waals surface area contributed by atoms with E-state index in [-0.39, 0.29) is 5.89 Å². The molecule has 0 bridgehead atoms. The van der Waals surface area contributed by atoms with Gasteiger partial charge in [-0.2, -0.15) is 0 Å². The number of rotatable bonds is 5. The molecule has 0 spiro atoms. The van der Waals surface area contributed by atoms with Gasteiger partial charge in [-0.3, -0.25) is 0 Å². The van der Waals surface area contributed by atoms with E-state index in [2.05, 4.69) is 4.98 Å². The van der Waals surface area contributed by atoms with E-state index < -0.39 is 23.8 Å². The second-order valence-electron chi connectivity index (χ2n) is 3.77. The Morgan fingerprint density at radius 2 is 2.15 bits per heavy atom. The summed E-state index contributed by atoms with van der Waals surface area (Å²) in [4.78, 5) is 14.4. The first-order chi connectivity index (χ1) is 9.54. The number of benzene rings is 1. The lowest BCUT2D eigenvalue weighted by Gasteiger charge is -2.06. The van der Waals surface area contributed by atoms with Crippen molar-refractivity contribution in [2.45, 2.75) is 13.3 Å². The predicted octanol–water partition coefficient (Wildman–Crippen LogP) is 3.38. The summed E-state index contributed by atoms with van der Waals surface area (Å²) in [7, 11) is 0. The number of ether oxygens (including phenoxy) is 1. The maximum atomic E-state index is 12.7. The number of halogens is 2. The summed E-state index contributed by atoms with van der Waals surface area (Å²) in [6, 6.07) is 6.51. The molecule has 0 radical (unpaired) electrons. The van der Waals surface area contributed by atoms with Gasteiger partial charge in [-0.25, -0.2) is 18.6 Å². The average molecular weight is 283 g/mol. The third-order valence-corrected chi connectivity index (χ3v) is 2.47. The molecule has 0 amide bonds. The van der Waals surface area contributed by atoms with E-state index in [1.54, 1.807) is 31.2 Å². The topological polar surface area (TPSA) is 72.6 Å². The highest BCUT2D eigenvalue weighted by Gasteiger charge is 2.27. The van der Waals surface area contributed by atoms with E-state index in [1.165, 1.54) is 0 Å². The van der Waals surface area contributed by atoms with Gasteiger partial charge in [-0.15, -0.1) is 0 Å². The fourth-order valence-electron chi connectivity index (χ4n) is 1.67. The van der Waals surface area contributed by atoms with Crippen molar-refractivity contribution < 1.29 is 27.8 Å². The second kappa shape index (κ2) is 5.68. The summed E-state index contributed by atoms with van der Waals surface area (Å²) >= 11 is 0. The normalized spacial score (nSPS) is 10.8. The van der Waals surface area contributed by atoms with Gasteiger partial charge < -0.3 is 14.3 Å². The molecule has 7 heteroatoms. The minimum absolute atomic E-state index is 0.207. The van der Waals surface area contributed by atoms with E-state index in [0.29, 0.717) is 17.9 Å². The molecule has 0 saturated carbocycles. The molecule has 5 nitrogen and oxygen atoms in total. The lowest BCUT2D eigenvalue weighted by atomic mass is 10.2. The molecule has 0 unspecified atom stereocenters. The highest BCUT2D eigenvalue weighted by atomic mass is 19.3. The molecule has 2 aromatic rings. The molecule has 1 aromatic carbocycles. The van der Waals surface area contributed by atoms with Gasteiger partial charge in [0.2, 0.25) is 11.7 Å². The first kappa shape index (κ1) is 14.0. The Kier molecular flexibility index (Phi) is 3.97. The zero-order valence-corrected chi connectivity index (χ0v) is 10.5. The zero-order chi connectivity index (χ0) is 14.7. The average Bonchev–Trinajstić information content (AvgIpc) is 2.85. The summed E-state index contributed by atoms with van der Waals surface area (Å²) in [5, 5.41) is 8.85. The third-order valence-electron chi connectivity index (χ3n) is 2.47. The molecular formula is C13H11F2NO4. The first-order valence-electron chi connectivity index (χ1n) is 5.79. The molecule has 1 heterocycles. The number of oxazole rings is 1. The van der Waals surface area contributed by atoms with Crippen molar-refractivity contribution in [1.29, 1.82) is 0 Å². The smallest absolute Gasteiger partial charge is 0.374 e. The van der Waals surface area contributed by atoms with Gasteiger partial charge in [0.1, 0.15) is 5.75 Å². The number of carboxylic acid groups (broad SMARTS) is 1. The van der Waals surface area contributed by atoms with Crippen LogP contribution >= 0.6 is 0 Å². The molecule has 0 aliphatic carbocycles. The van der Waals surface area contributed by atoms with Gasteiger partial charge in [0, 0.05) is 0 Å². The first-order valence-corrected chi connectivity index (χ1v) is 5.79. The van der Waals surface area contributed by atoms with Gasteiger partial charge in [-0.1, -0.05) is 12.1 Å². The van der Waals surface area contributed by atoms with Crippen molar-refractivity contribution in [2.24, 2.45) is 0 Å². The quantitative estimate of drug-likeness (QED) is 0.910. The Bertz CT molecular complexity index is 625. The monoisotopic (exact) mass is 283 g/mol. The van der Waals surface area contributed by atoms with E-state index in [9.17, 15) is 13.6 Å². The number of nitrogens with zero attached hydrogens (tertiary/aromatic N) is 1. The van der Waals surface area contributed by atoms with Crippen LogP contribution in [-0.4, -0.2) is 22.7 Å². The molecular weight excluding hydrogens is 272 g/mol. The third kappa shape index (κ3) is 2.61. The molecule has 0 saturated heterocycles.